The van der Waals surface area contributed by atoms with Gasteiger partial charge in [-0.3, -0.25) is 13.9 Å². The van der Waals surface area contributed by atoms with Crippen molar-refractivity contribution in [3.8, 4) is 5.75 Å². The Morgan fingerprint density at radius 3 is 2.19 bits per heavy atom. The van der Waals surface area contributed by atoms with Crippen molar-refractivity contribution >= 4 is 39.1 Å². The van der Waals surface area contributed by atoms with Crippen LogP contribution in [0, 0.1) is 13.8 Å². The molecule has 0 aliphatic rings. The van der Waals surface area contributed by atoms with Crippen LogP contribution in [0.4, 0.5) is 5.69 Å². The summed E-state index contributed by atoms with van der Waals surface area (Å²) in [6.45, 7) is 8.83. The highest BCUT2D eigenvalue weighted by Gasteiger charge is 2.35. The first kappa shape index (κ1) is 32.9. The zero-order chi connectivity index (χ0) is 31.0. The Morgan fingerprint density at radius 1 is 0.952 bits per heavy atom. The van der Waals surface area contributed by atoms with E-state index in [4.69, 9.17) is 16.3 Å². The predicted octanol–water partition coefficient (Wildman–Crippen LogP) is 5.88. The maximum Gasteiger partial charge on any atom is 0.264 e. The molecule has 0 saturated carbocycles. The smallest absolute Gasteiger partial charge is 0.264 e. The molecule has 1 N–H and O–H groups in total. The van der Waals surface area contributed by atoms with E-state index in [9.17, 15) is 18.0 Å². The van der Waals surface area contributed by atoms with E-state index in [0.29, 0.717) is 22.8 Å². The average molecular weight is 614 g/mol. The molecule has 2 unspecified atom stereocenters. The molecule has 2 amide bonds. The molecular formula is C32H40ClN3O5S. The van der Waals surface area contributed by atoms with Crippen molar-refractivity contribution in [3.05, 3.63) is 88.4 Å². The van der Waals surface area contributed by atoms with Crippen LogP contribution in [0.3, 0.4) is 0 Å². The minimum atomic E-state index is -4.23. The van der Waals surface area contributed by atoms with Crippen LogP contribution >= 0.6 is 11.6 Å². The third-order valence-corrected chi connectivity index (χ3v) is 9.32. The molecule has 0 aliphatic heterocycles. The summed E-state index contributed by atoms with van der Waals surface area (Å²) in [5.41, 5.74) is 2.55. The van der Waals surface area contributed by atoms with Crippen molar-refractivity contribution in [1.29, 1.82) is 0 Å². The fourth-order valence-corrected chi connectivity index (χ4v) is 6.13. The van der Waals surface area contributed by atoms with E-state index < -0.39 is 28.5 Å². The Labute approximate surface area is 254 Å². The minimum absolute atomic E-state index is 0.0221. The second kappa shape index (κ2) is 14.6. The van der Waals surface area contributed by atoms with E-state index in [1.807, 2.05) is 34.6 Å². The molecule has 0 bridgehead atoms. The molecule has 8 nitrogen and oxygen atoms in total. The number of hydrogen-bond acceptors (Lipinski definition) is 5. The van der Waals surface area contributed by atoms with Gasteiger partial charge in [-0.15, -0.1) is 0 Å². The van der Waals surface area contributed by atoms with Gasteiger partial charge in [-0.1, -0.05) is 67.4 Å². The number of nitrogens with one attached hydrogen (secondary N) is 1. The predicted molar refractivity (Wildman–Crippen MR) is 167 cm³/mol. The second-order valence-electron chi connectivity index (χ2n) is 10.4. The summed E-state index contributed by atoms with van der Waals surface area (Å²) in [4.78, 5) is 29.1. The Morgan fingerprint density at radius 2 is 1.60 bits per heavy atom. The molecule has 226 valence electrons. The van der Waals surface area contributed by atoms with Crippen molar-refractivity contribution in [3.63, 3.8) is 0 Å². The summed E-state index contributed by atoms with van der Waals surface area (Å²) in [5, 5.41) is 3.41. The van der Waals surface area contributed by atoms with Crippen molar-refractivity contribution in [2.45, 2.75) is 71.0 Å². The molecule has 0 aromatic heterocycles. The van der Waals surface area contributed by atoms with Gasteiger partial charge in [-0.2, -0.15) is 0 Å². The van der Waals surface area contributed by atoms with Crippen LogP contribution in [-0.2, 0) is 26.2 Å². The van der Waals surface area contributed by atoms with Crippen molar-refractivity contribution < 1.29 is 22.7 Å². The summed E-state index contributed by atoms with van der Waals surface area (Å²) in [6, 6.07) is 17.7. The largest absolute Gasteiger partial charge is 0.495 e. The minimum Gasteiger partial charge on any atom is -0.495 e. The third-order valence-electron chi connectivity index (χ3n) is 7.18. The normalized spacial score (nSPS) is 12.7. The van der Waals surface area contributed by atoms with Gasteiger partial charge in [0.15, 0.2) is 0 Å². The van der Waals surface area contributed by atoms with Crippen LogP contribution in [0.25, 0.3) is 0 Å². The molecular weight excluding hydrogens is 574 g/mol. The van der Waals surface area contributed by atoms with Gasteiger partial charge < -0.3 is 15.0 Å². The second-order valence-corrected chi connectivity index (χ2v) is 12.6. The van der Waals surface area contributed by atoms with Crippen LogP contribution in [0.2, 0.25) is 5.02 Å². The zero-order valence-electron chi connectivity index (χ0n) is 25.1. The topological polar surface area (TPSA) is 96.0 Å². The Hall–Kier alpha value is -3.56. The lowest BCUT2D eigenvalue weighted by Gasteiger charge is -2.34. The van der Waals surface area contributed by atoms with Crippen LogP contribution in [0.15, 0.2) is 71.6 Å². The zero-order valence-corrected chi connectivity index (χ0v) is 26.6. The van der Waals surface area contributed by atoms with Crippen LogP contribution in [-0.4, -0.2) is 50.9 Å². The molecule has 3 rings (SSSR count). The number of amides is 2. The lowest BCUT2D eigenvalue weighted by Crippen LogP contribution is -2.53. The first-order valence-electron chi connectivity index (χ1n) is 14.0. The molecule has 0 saturated heterocycles. The number of anilines is 1. The van der Waals surface area contributed by atoms with Gasteiger partial charge in [-0.25, -0.2) is 8.42 Å². The number of nitrogens with zero attached hydrogens (tertiary/aromatic N) is 2. The van der Waals surface area contributed by atoms with E-state index in [0.717, 1.165) is 21.9 Å². The number of benzene rings is 3. The lowest BCUT2D eigenvalue weighted by atomic mass is 10.1. The van der Waals surface area contributed by atoms with Gasteiger partial charge in [0, 0.05) is 17.6 Å². The number of aryl methyl sites for hydroxylation is 2. The number of sulfonamides is 1. The molecule has 3 aromatic carbocycles. The highest BCUT2D eigenvalue weighted by atomic mass is 35.5. The Bertz CT molecular complexity index is 1490. The number of methoxy groups -OCH3 is 1. The summed E-state index contributed by atoms with van der Waals surface area (Å²) in [7, 11) is -2.78. The van der Waals surface area contributed by atoms with E-state index in [2.05, 4.69) is 5.32 Å². The van der Waals surface area contributed by atoms with Gasteiger partial charge in [0.1, 0.15) is 18.3 Å². The van der Waals surface area contributed by atoms with Gasteiger partial charge in [0.25, 0.3) is 10.0 Å². The number of carbonyl (C=O) groups excluding carboxylic acids is 2. The number of hydrogen-bond donors (Lipinski definition) is 1. The van der Waals surface area contributed by atoms with Gasteiger partial charge >= 0.3 is 0 Å². The van der Waals surface area contributed by atoms with E-state index >= 15 is 0 Å². The fourth-order valence-electron chi connectivity index (χ4n) is 4.52. The molecule has 0 radical (unpaired) electrons. The standard InChI is InChI=1S/C32H40ClN3O5S/c1-7-24(5)34-32(38)28(8-2)35(20-25-11-9-10-12-27(25)33)31(37)21-36(29-19-23(4)15-18-30(29)41-6)42(39,40)26-16-13-22(3)14-17-26/h9-19,24,28H,7-8,20-21H2,1-6H3,(H,34,38). The summed E-state index contributed by atoms with van der Waals surface area (Å²) >= 11 is 6.47. The maximum atomic E-state index is 14.3. The van der Waals surface area contributed by atoms with E-state index in [-0.39, 0.29) is 29.1 Å². The third kappa shape index (κ3) is 7.83. The first-order chi connectivity index (χ1) is 19.9. The quantitative estimate of drug-likeness (QED) is 0.260. The van der Waals surface area contributed by atoms with Gasteiger partial charge in [0.05, 0.1) is 17.7 Å². The lowest BCUT2D eigenvalue weighted by molar-refractivity contribution is -0.140. The molecule has 42 heavy (non-hydrogen) atoms. The molecule has 0 spiro atoms. The summed E-state index contributed by atoms with van der Waals surface area (Å²) < 4.78 is 34.9. The summed E-state index contributed by atoms with van der Waals surface area (Å²) in [5.74, 6) is -0.572. The van der Waals surface area contributed by atoms with Gasteiger partial charge in [0.2, 0.25) is 11.8 Å². The van der Waals surface area contributed by atoms with E-state index in [1.54, 1.807) is 54.6 Å². The van der Waals surface area contributed by atoms with Gasteiger partial charge in [-0.05, 0) is 75.1 Å². The number of carbonyl (C=O) groups is 2. The SMILES string of the molecule is CCC(C)NC(=O)C(CC)N(Cc1ccccc1Cl)C(=O)CN(c1cc(C)ccc1OC)S(=O)(=O)c1ccc(C)cc1. The monoisotopic (exact) mass is 613 g/mol. The Kier molecular flexibility index (Phi) is 11.4. The highest BCUT2D eigenvalue weighted by molar-refractivity contribution is 7.92. The number of halogens is 1. The van der Waals surface area contributed by atoms with Crippen LogP contribution < -0.4 is 14.4 Å². The average Bonchev–Trinajstić information content (AvgIpc) is 2.96. The molecule has 0 aliphatic carbocycles. The van der Waals surface area contributed by atoms with Crippen LogP contribution in [0.1, 0.15) is 50.3 Å². The van der Waals surface area contributed by atoms with Crippen molar-refractivity contribution in [2.24, 2.45) is 0 Å². The van der Waals surface area contributed by atoms with Crippen molar-refractivity contribution in [1.82, 2.24) is 10.2 Å². The maximum absolute atomic E-state index is 14.3. The van der Waals surface area contributed by atoms with E-state index in [1.165, 1.54) is 24.1 Å². The Balaban J connectivity index is 2.14. The number of ether oxygens (including phenoxy) is 1. The number of rotatable bonds is 13. The molecule has 10 heteroatoms. The molecule has 2 atom stereocenters. The molecule has 0 heterocycles. The summed E-state index contributed by atoms with van der Waals surface area (Å²) in [6.07, 6.45) is 1.04. The molecule has 0 fully saturated rings. The highest BCUT2D eigenvalue weighted by Crippen LogP contribution is 2.34. The van der Waals surface area contributed by atoms with Crippen LogP contribution in [0.5, 0.6) is 5.75 Å². The fraction of sp³-hybridized carbons (Fsp3) is 0.375. The first-order valence-corrected chi connectivity index (χ1v) is 15.8. The molecule has 3 aromatic rings. The van der Waals surface area contributed by atoms with Crippen molar-refractivity contribution in [2.75, 3.05) is 18.0 Å².